The van der Waals surface area contributed by atoms with Gasteiger partial charge in [-0.1, -0.05) is 18.2 Å². The molecule has 0 aliphatic carbocycles. The van der Waals surface area contributed by atoms with Gasteiger partial charge in [0.1, 0.15) is 5.75 Å². The zero-order chi connectivity index (χ0) is 16.8. The molecule has 0 spiro atoms. The Morgan fingerprint density at radius 1 is 1.00 bits per heavy atom. The molecule has 5 nitrogen and oxygen atoms in total. The molecule has 0 aliphatic heterocycles. The molecule has 0 saturated carbocycles. The van der Waals surface area contributed by atoms with Gasteiger partial charge >= 0.3 is 6.01 Å². The Morgan fingerprint density at radius 2 is 1.67 bits per heavy atom. The van der Waals surface area contributed by atoms with Crippen LogP contribution in [0.3, 0.4) is 0 Å². The normalized spacial score (nSPS) is 10.2. The smallest absolute Gasteiger partial charge is 0.322 e. The lowest BCUT2D eigenvalue weighted by Crippen LogP contribution is -2.12. The molecule has 3 aromatic rings. The summed E-state index contributed by atoms with van der Waals surface area (Å²) in [4.78, 5) is 21.5. The van der Waals surface area contributed by atoms with Crippen LogP contribution in [-0.4, -0.2) is 22.1 Å². The summed E-state index contributed by atoms with van der Waals surface area (Å²) in [5.74, 6) is 0.450. The quantitative estimate of drug-likeness (QED) is 0.705. The second kappa shape index (κ2) is 7.61. The van der Waals surface area contributed by atoms with Gasteiger partial charge in [-0.25, -0.2) is 9.97 Å². The van der Waals surface area contributed by atoms with E-state index in [0.29, 0.717) is 17.0 Å². The SMILES string of the molecule is CSc1ccc(C(=O)Nc2cnc(Oc3ccccc3)nc2)cc1. The number of amides is 1. The van der Waals surface area contributed by atoms with Crippen molar-refractivity contribution in [3.63, 3.8) is 0 Å². The van der Waals surface area contributed by atoms with Crippen LogP contribution in [-0.2, 0) is 0 Å². The Kier molecular flexibility index (Phi) is 5.08. The number of carbonyl (C=O) groups excluding carboxylic acids is 1. The van der Waals surface area contributed by atoms with Crippen LogP contribution in [0.25, 0.3) is 0 Å². The highest BCUT2D eigenvalue weighted by atomic mass is 32.2. The van der Waals surface area contributed by atoms with Gasteiger partial charge in [0.25, 0.3) is 5.91 Å². The average Bonchev–Trinajstić information content (AvgIpc) is 2.64. The molecule has 1 aromatic heterocycles. The fourth-order valence-corrected chi connectivity index (χ4v) is 2.38. The third-order valence-corrected chi connectivity index (χ3v) is 3.93. The first-order chi connectivity index (χ1) is 11.7. The van der Waals surface area contributed by atoms with E-state index < -0.39 is 0 Å². The number of aromatic nitrogens is 2. The fraction of sp³-hybridized carbons (Fsp3) is 0.0556. The first-order valence-electron chi connectivity index (χ1n) is 7.25. The van der Waals surface area contributed by atoms with E-state index in [9.17, 15) is 4.79 Å². The predicted molar refractivity (Wildman–Crippen MR) is 94.7 cm³/mol. The van der Waals surface area contributed by atoms with Crippen molar-refractivity contribution in [3.05, 3.63) is 72.6 Å². The van der Waals surface area contributed by atoms with Gasteiger partial charge in [0, 0.05) is 10.5 Å². The Bertz CT molecular complexity index is 806. The van der Waals surface area contributed by atoms with Crippen molar-refractivity contribution in [2.75, 3.05) is 11.6 Å². The Labute approximate surface area is 144 Å². The van der Waals surface area contributed by atoms with Crippen molar-refractivity contribution in [1.82, 2.24) is 9.97 Å². The molecule has 1 N–H and O–H groups in total. The van der Waals surface area contributed by atoms with Crippen molar-refractivity contribution in [3.8, 4) is 11.8 Å². The first-order valence-corrected chi connectivity index (χ1v) is 8.47. The van der Waals surface area contributed by atoms with Crippen molar-refractivity contribution in [1.29, 1.82) is 0 Å². The van der Waals surface area contributed by atoms with Crippen molar-refractivity contribution < 1.29 is 9.53 Å². The fourth-order valence-electron chi connectivity index (χ4n) is 1.97. The molecule has 0 atom stereocenters. The molecule has 0 radical (unpaired) electrons. The molecule has 0 unspecified atom stereocenters. The molecule has 0 saturated heterocycles. The van der Waals surface area contributed by atoms with Gasteiger partial charge in [0.2, 0.25) is 0 Å². The predicted octanol–water partition coefficient (Wildman–Crippen LogP) is 4.24. The van der Waals surface area contributed by atoms with E-state index in [4.69, 9.17) is 4.74 Å². The summed E-state index contributed by atoms with van der Waals surface area (Å²) in [6.07, 6.45) is 5.02. The topological polar surface area (TPSA) is 64.1 Å². The van der Waals surface area contributed by atoms with E-state index in [2.05, 4.69) is 15.3 Å². The Hall–Kier alpha value is -2.86. The van der Waals surface area contributed by atoms with Gasteiger partial charge in [0.05, 0.1) is 18.1 Å². The molecule has 0 aliphatic rings. The van der Waals surface area contributed by atoms with Crippen molar-refractivity contribution in [2.45, 2.75) is 4.90 Å². The lowest BCUT2D eigenvalue weighted by molar-refractivity contribution is 0.102. The van der Waals surface area contributed by atoms with Crippen LogP contribution in [0.2, 0.25) is 0 Å². The zero-order valence-corrected chi connectivity index (χ0v) is 13.8. The van der Waals surface area contributed by atoms with Crippen LogP contribution >= 0.6 is 11.8 Å². The van der Waals surface area contributed by atoms with Gasteiger partial charge in [-0.3, -0.25) is 4.79 Å². The minimum Gasteiger partial charge on any atom is -0.424 e. The summed E-state index contributed by atoms with van der Waals surface area (Å²) in [6.45, 7) is 0. The van der Waals surface area contributed by atoms with Crippen LogP contribution in [0.5, 0.6) is 11.8 Å². The van der Waals surface area contributed by atoms with Gasteiger partial charge in [-0.05, 0) is 42.7 Å². The first kappa shape index (κ1) is 16.0. The van der Waals surface area contributed by atoms with Crippen LogP contribution in [0.15, 0.2) is 71.9 Å². The number of para-hydroxylation sites is 1. The lowest BCUT2D eigenvalue weighted by Gasteiger charge is -2.06. The summed E-state index contributed by atoms with van der Waals surface area (Å²) < 4.78 is 5.51. The maximum atomic E-state index is 12.2. The van der Waals surface area contributed by atoms with Gasteiger partial charge in [-0.2, -0.15) is 0 Å². The monoisotopic (exact) mass is 337 g/mol. The highest BCUT2D eigenvalue weighted by Crippen LogP contribution is 2.18. The van der Waals surface area contributed by atoms with Gasteiger partial charge in [-0.15, -0.1) is 11.8 Å². The zero-order valence-electron chi connectivity index (χ0n) is 13.0. The number of nitrogens with zero attached hydrogens (tertiary/aromatic N) is 2. The second-order valence-electron chi connectivity index (χ2n) is 4.85. The van der Waals surface area contributed by atoms with E-state index in [1.54, 1.807) is 23.9 Å². The molecule has 1 amide bonds. The van der Waals surface area contributed by atoms with Gasteiger partial charge < -0.3 is 10.1 Å². The summed E-state index contributed by atoms with van der Waals surface area (Å²) >= 11 is 1.63. The molecule has 1 heterocycles. The van der Waals surface area contributed by atoms with Crippen LogP contribution in [0.4, 0.5) is 5.69 Å². The molecule has 24 heavy (non-hydrogen) atoms. The third kappa shape index (κ3) is 4.11. The molecule has 120 valence electrons. The van der Waals surface area contributed by atoms with E-state index >= 15 is 0 Å². The summed E-state index contributed by atoms with van der Waals surface area (Å²) in [6, 6.07) is 16.9. The molecule has 2 aromatic carbocycles. The number of nitrogens with one attached hydrogen (secondary N) is 1. The Balaban J connectivity index is 1.64. The third-order valence-electron chi connectivity index (χ3n) is 3.19. The number of hydrogen-bond donors (Lipinski definition) is 1. The number of carbonyl (C=O) groups is 1. The molecule has 0 fully saturated rings. The number of rotatable bonds is 5. The Morgan fingerprint density at radius 3 is 2.29 bits per heavy atom. The maximum Gasteiger partial charge on any atom is 0.322 e. The number of thioether (sulfide) groups is 1. The minimum atomic E-state index is -0.206. The average molecular weight is 337 g/mol. The summed E-state index contributed by atoms with van der Waals surface area (Å²) in [5, 5.41) is 2.76. The summed E-state index contributed by atoms with van der Waals surface area (Å²) in [5.41, 5.74) is 1.09. The molecule has 3 rings (SSSR count). The van der Waals surface area contributed by atoms with Crippen LogP contribution in [0, 0.1) is 0 Å². The van der Waals surface area contributed by atoms with E-state index in [1.807, 2.05) is 48.7 Å². The van der Waals surface area contributed by atoms with E-state index in [-0.39, 0.29) is 11.9 Å². The highest BCUT2D eigenvalue weighted by molar-refractivity contribution is 7.98. The van der Waals surface area contributed by atoms with Crippen LogP contribution in [0.1, 0.15) is 10.4 Å². The summed E-state index contributed by atoms with van der Waals surface area (Å²) in [7, 11) is 0. The van der Waals surface area contributed by atoms with Crippen LogP contribution < -0.4 is 10.1 Å². The van der Waals surface area contributed by atoms with Crippen molar-refractivity contribution in [2.24, 2.45) is 0 Å². The van der Waals surface area contributed by atoms with E-state index in [0.717, 1.165) is 4.90 Å². The number of ether oxygens (including phenoxy) is 1. The number of anilines is 1. The molecular formula is C18H15N3O2S. The molecule has 0 bridgehead atoms. The highest BCUT2D eigenvalue weighted by Gasteiger charge is 2.07. The maximum absolute atomic E-state index is 12.2. The molecular weight excluding hydrogens is 322 g/mol. The number of hydrogen-bond acceptors (Lipinski definition) is 5. The van der Waals surface area contributed by atoms with Crippen molar-refractivity contribution >= 4 is 23.4 Å². The largest absolute Gasteiger partial charge is 0.424 e. The standard InChI is InChI=1S/C18H15N3O2S/c1-24-16-9-7-13(8-10-16)17(22)21-14-11-19-18(20-12-14)23-15-5-3-2-4-6-15/h2-12H,1H3,(H,21,22). The van der Waals surface area contributed by atoms with Gasteiger partial charge in [0.15, 0.2) is 0 Å². The van der Waals surface area contributed by atoms with E-state index in [1.165, 1.54) is 12.4 Å². The molecule has 6 heteroatoms. The minimum absolute atomic E-state index is 0.206. The lowest BCUT2D eigenvalue weighted by atomic mass is 10.2. The second-order valence-corrected chi connectivity index (χ2v) is 5.73. The number of benzene rings is 2.